The van der Waals surface area contributed by atoms with E-state index in [1.54, 1.807) is 6.26 Å². The molecule has 0 saturated carbocycles. The number of aromatic nitrogens is 5. The first-order chi connectivity index (χ1) is 13.2. The molecule has 0 aliphatic carbocycles. The number of nitrogens with zero attached hydrogens (tertiary/aromatic N) is 5. The van der Waals surface area contributed by atoms with Crippen LogP contribution in [0, 0.1) is 5.92 Å². The highest BCUT2D eigenvalue weighted by Crippen LogP contribution is 2.29. The van der Waals surface area contributed by atoms with Crippen LogP contribution in [0.3, 0.4) is 0 Å². The Bertz CT molecular complexity index is 992. The quantitative estimate of drug-likeness (QED) is 0.439. The average molecular weight is 381 g/mol. The van der Waals surface area contributed by atoms with Gasteiger partial charge in [-0.2, -0.15) is 4.98 Å². The highest BCUT2D eigenvalue weighted by molar-refractivity contribution is 7.98. The molecule has 0 aliphatic heterocycles. The molecule has 0 amide bonds. The first-order valence-electron chi connectivity index (χ1n) is 8.69. The molecule has 0 spiro atoms. The van der Waals surface area contributed by atoms with Crippen molar-refractivity contribution in [3.8, 4) is 17.3 Å². The van der Waals surface area contributed by atoms with Gasteiger partial charge in [0.15, 0.2) is 16.7 Å². The normalized spacial score (nSPS) is 11.4. The van der Waals surface area contributed by atoms with E-state index in [2.05, 4.69) is 34.2 Å². The van der Waals surface area contributed by atoms with E-state index in [4.69, 9.17) is 8.94 Å². The summed E-state index contributed by atoms with van der Waals surface area (Å²) in [4.78, 5) is 4.45. The Labute approximate surface area is 160 Å². The van der Waals surface area contributed by atoms with Crippen molar-refractivity contribution in [3.63, 3.8) is 0 Å². The van der Waals surface area contributed by atoms with Gasteiger partial charge in [-0.05, 0) is 30.2 Å². The molecule has 138 valence electrons. The number of hydrogen-bond acceptors (Lipinski definition) is 7. The second-order valence-corrected chi connectivity index (χ2v) is 7.39. The van der Waals surface area contributed by atoms with Gasteiger partial charge in [0.1, 0.15) is 0 Å². The third kappa shape index (κ3) is 3.95. The molecule has 27 heavy (non-hydrogen) atoms. The Morgan fingerprint density at radius 1 is 1.07 bits per heavy atom. The van der Waals surface area contributed by atoms with Crippen LogP contribution in [0.25, 0.3) is 17.3 Å². The summed E-state index contributed by atoms with van der Waals surface area (Å²) in [6.45, 7) is 4.24. The van der Waals surface area contributed by atoms with E-state index in [9.17, 15) is 0 Å². The van der Waals surface area contributed by atoms with E-state index in [1.807, 2.05) is 47.0 Å². The van der Waals surface area contributed by atoms with Gasteiger partial charge in [-0.15, -0.1) is 10.2 Å². The molecule has 4 aromatic rings. The van der Waals surface area contributed by atoms with Crippen LogP contribution < -0.4 is 0 Å². The fraction of sp³-hybridized carbons (Fsp3) is 0.263. The monoisotopic (exact) mass is 381 g/mol. The minimum Gasteiger partial charge on any atom is -0.461 e. The van der Waals surface area contributed by atoms with E-state index in [-0.39, 0.29) is 0 Å². The number of hydrogen-bond donors (Lipinski definition) is 0. The summed E-state index contributed by atoms with van der Waals surface area (Å²) in [6.07, 6.45) is 2.40. The highest BCUT2D eigenvalue weighted by atomic mass is 32.2. The van der Waals surface area contributed by atoms with Crippen LogP contribution in [0.1, 0.15) is 25.6 Å². The van der Waals surface area contributed by atoms with Crippen LogP contribution in [0.2, 0.25) is 0 Å². The van der Waals surface area contributed by atoms with Crippen molar-refractivity contribution in [2.24, 2.45) is 5.92 Å². The number of para-hydroxylation sites is 1. The molecule has 0 bridgehead atoms. The van der Waals surface area contributed by atoms with Gasteiger partial charge in [0, 0.05) is 12.1 Å². The summed E-state index contributed by atoms with van der Waals surface area (Å²) in [5.74, 6) is 3.66. The fourth-order valence-electron chi connectivity index (χ4n) is 2.65. The molecule has 0 atom stereocenters. The number of thioether (sulfide) groups is 1. The molecule has 0 unspecified atom stereocenters. The van der Waals surface area contributed by atoms with Gasteiger partial charge in [0.25, 0.3) is 0 Å². The maximum Gasteiger partial charge on any atom is 0.226 e. The molecule has 4 rings (SSSR count). The molecule has 3 aromatic heterocycles. The number of benzene rings is 1. The molecule has 0 aliphatic rings. The Morgan fingerprint density at radius 2 is 1.93 bits per heavy atom. The van der Waals surface area contributed by atoms with Crippen LogP contribution >= 0.6 is 11.8 Å². The average Bonchev–Trinajstić information content (AvgIpc) is 3.40. The predicted molar refractivity (Wildman–Crippen MR) is 101 cm³/mol. The van der Waals surface area contributed by atoms with Crippen molar-refractivity contribution < 1.29 is 8.94 Å². The standard InChI is InChI=1S/C19H19N5O2S/c1-13(2)11-17-20-16(23-26-17)12-27-19-22-21-18(15-9-6-10-25-15)24(19)14-7-4-3-5-8-14/h3-10,13H,11-12H2,1-2H3. The van der Waals surface area contributed by atoms with Crippen LogP contribution in [-0.4, -0.2) is 24.9 Å². The lowest BCUT2D eigenvalue weighted by Gasteiger charge is -2.08. The first kappa shape index (κ1) is 17.5. The molecule has 0 saturated heterocycles. The van der Waals surface area contributed by atoms with Gasteiger partial charge in [-0.25, -0.2) is 0 Å². The molecule has 0 radical (unpaired) electrons. The molecule has 1 aromatic carbocycles. The topological polar surface area (TPSA) is 82.8 Å². The van der Waals surface area contributed by atoms with Crippen LogP contribution in [0.5, 0.6) is 0 Å². The smallest absolute Gasteiger partial charge is 0.226 e. The van der Waals surface area contributed by atoms with Gasteiger partial charge in [-0.3, -0.25) is 4.57 Å². The Kier molecular flexibility index (Phi) is 5.06. The molecule has 8 heteroatoms. The summed E-state index contributed by atoms with van der Waals surface area (Å²) in [5.41, 5.74) is 0.963. The van der Waals surface area contributed by atoms with Crippen molar-refractivity contribution >= 4 is 11.8 Å². The van der Waals surface area contributed by atoms with Crippen molar-refractivity contribution in [3.05, 3.63) is 60.4 Å². The summed E-state index contributed by atoms with van der Waals surface area (Å²) in [6, 6.07) is 13.7. The Balaban J connectivity index is 1.60. The zero-order chi connectivity index (χ0) is 18.6. The summed E-state index contributed by atoms with van der Waals surface area (Å²) in [5, 5.41) is 13.5. The zero-order valence-electron chi connectivity index (χ0n) is 15.1. The zero-order valence-corrected chi connectivity index (χ0v) is 15.9. The number of furan rings is 1. The van der Waals surface area contributed by atoms with Crippen LogP contribution in [-0.2, 0) is 12.2 Å². The lowest BCUT2D eigenvalue weighted by atomic mass is 10.1. The maximum absolute atomic E-state index is 5.53. The van der Waals surface area contributed by atoms with Crippen molar-refractivity contribution in [1.29, 1.82) is 0 Å². The second kappa shape index (κ2) is 7.79. The lowest BCUT2D eigenvalue weighted by molar-refractivity contribution is 0.360. The van der Waals surface area contributed by atoms with Gasteiger partial charge in [0.05, 0.1) is 12.0 Å². The van der Waals surface area contributed by atoms with Crippen LogP contribution in [0.15, 0.2) is 62.8 Å². The summed E-state index contributed by atoms with van der Waals surface area (Å²) >= 11 is 1.51. The van der Waals surface area contributed by atoms with E-state index in [0.717, 1.165) is 17.3 Å². The fourth-order valence-corrected chi connectivity index (χ4v) is 3.44. The molecule has 7 nitrogen and oxygen atoms in total. The predicted octanol–water partition coefficient (Wildman–Crippen LogP) is 4.40. The van der Waals surface area contributed by atoms with Gasteiger partial charge < -0.3 is 8.94 Å². The summed E-state index contributed by atoms with van der Waals surface area (Å²) in [7, 11) is 0. The van der Waals surface area contributed by atoms with E-state index in [1.165, 1.54) is 11.8 Å². The van der Waals surface area contributed by atoms with Crippen LogP contribution in [0.4, 0.5) is 0 Å². The minimum atomic E-state index is 0.475. The summed E-state index contributed by atoms with van der Waals surface area (Å²) < 4.78 is 12.8. The minimum absolute atomic E-state index is 0.475. The van der Waals surface area contributed by atoms with E-state index in [0.29, 0.717) is 35.0 Å². The van der Waals surface area contributed by atoms with Crippen molar-refractivity contribution in [2.75, 3.05) is 0 Å². The Hall–Kier alpha value is -2.87. The molecular weight excluding hydrogens is 362 g/mol. The van der Waals surface area contributed by atoms with E-state index < -0.39 is 0 Å². The number of rotatable bonds is 7. The first-order valence-corrected chi connectivity index (χ1v) is 9.68. The Morgan fingerprint density at radius 3 is 2.67 bits per heavy atom. The highest BCUT2D eigenvalue weighted by Gasteiger charge is 2.19. The lowest BCUT2D eigenvalue weighted by Crippen LogP contribution is -1.99. The molecular formula is C19H19N5O2S. The van der Waals surface area contributed by atoms with Gasteiger partial charge >= 0.3 is 0 Å². The molecule has 3 heterocycles. The molecule has 0 N–H and O–H groups in total. The SMILES string of the molecule is CC(C)Cc1nc(CSc2nnc(-c3ccco3)n2-c2ccccc2)no1. The third-order valence-electron chi connectivity index (χ3n) is 3.81. The third-order valence-corrected chi connectivity index (χ3v) is 4.74. The molecule has 0 fully saturated rings. The van der Waals surface area contributed by atoms with E-state index >= 15 is 0 Å². The van der Waals surface area contributed by atoms with Gasteiger partial charge in [0.2, 0.25) is 11.7 Å². The van der Waals surface area contributed by atoms with Crippen molar-refractivity contribution in [1.82, 2.24) is 24.9 Å². The maximum atomic E-state index is 5.53. The largest absolute Gasteiger partial charge is 0.461 e. The van der Waals surface area contributed by atoms with Crippen molar-refractivity contribution in [2.45, 2.75) is 31.2 Å². The second-order valence-electron chi connectivity index (χ2n) is 6.45. The van der Waals surface area contributed by atoms with Gasteiger partial charge in [-0.1, -0.05) is 49.0 Å².